The van der Waals surface area contributed by atoms with Gasteiger partial charge in [0.15, 0.2) is 0 Å². The molecule has 4 nitrogen and oxygen atoms in total. The summed E-state index contributed by atoms with van der Waals surface area (Å²) in [5, 5.41) is 19.9. The zero-order valence-corrected chi connectivity index (χ0v) is 10.5. The lowest BCUT2D eigenvalue weighted by atomic mass is 9.98. The van der Waals surface area contributed by atoms with Gasteiger partial charge in [-0.2, -0.15) is 0 Å². The van der Waals surface area contributed by atoms with Gasteiger partial charge in [0.05, 0.1) is 6.10 Å². The van der Waals surface area contributed by atoms with Crippen LogP contribution < -0.4 is 0 Å². The van der Waals surface area contributed by atoms with Crippen molar-refractivity contribution in [1.29, 1.82) is 0 Å². The molecule has 0 aliphatic rings. The molecule has 3 atom stereocenters. The van der Waals surface area contributed by atoms with Crippen LogP contribution in [0.25, 0.3) is 0 Å². The number of aliphatic hydroxyl groups excluding tert-OH is 2. The molecular formula is C14H20O4. The zero-order chi connectivity index (χ0) is 13.4. The molecule has 2 N–H and O–H groups in total. The van der Waals surface area contributed by atoms with E-state index in [4.69, 9.17) is 9.47 Å². The lowest BCUT2D eigenvalue weighted by molar-refractivity contribution is -0.139. The molecule has 0 radical (unpaired) electrons. The van der Waals surface area contributed by atoms with E-state index in [0.29, 0.717) is 6.42 Å². The van der Waals surface area contributed by atoms with E-state index in [0.717, 1.165) is 5.56 Å². The minimum absolute atomic E-state index is 0.0530. The summed E-state index contributed by atoms with van der Waals surface area (Å²) in [4.78, 5) is 0. The van der Waals surface area contributed by atoms with Gasteiger partial charge in [0.25, 0.3) is 0 Å². The highest BCUT2D eigenvalue weighted by Gasteiger charge is 2.27. The zero-order valence-electron chi connectivity index (χ0n) is 10.5. The molecule has 0 aromatic heterocycles. The van der Waals surface area contributed by atoms with Crippen LogP contribution in [-0.4, -0.2) is 36.3 Å². The van der Waals surface area contributed by atoms with Crippen LogP contribution in [0.5, 0.6) is 0 Å². The van der Waals surface area contributed by atoms with Crippen LogP contribution in [0, 0.1) is 0 Å². The van der Waals surface area contributed by atoms with Crippen molar-refractivity contribution in [3.63, 3.8) is 0 Å². The Morgan fingerprint density at radius 3 is 2.50 bits per heavy atom. The van der Waals surface area contributed by atoms with Crippen molar-refractivity contribution in [2.45, 2.75) is 24.7 Å². The lowest BCUT2D eigenvalue weighted by Gasteiger charge is -2.26. The number of rotatable bonds is 8. The van der Waals surface area contributed by atoms with Crippen molar-refractivity contribution in [3.05, 3.63) is 48.6 Å². The van der Waals surface area contributed by atoms with Gasteiger partial charge in [-0.1, -0.05) is 36.4 Å². The number of ether oxygens (including phenoxy) is 2. The Bertz CT molecular complexity index is 339. The molecule has 0 heterocycles. The molecule has 0 saturated heterocycles. The molecule has 0 aliphatic carbocycles. The molecule has 18 heavy (non-hydrogen) atoms. The first-order valence-electron chi connectivity index (χ1n) is 5.83. The van der Waals surface area contributed by atoms with Crippen LogP contribution in [0.4, 0.5) is 0 Å². The number of hydrogen-bond acceptors (Lipinski definition) is 4. The highest BCUT2D eigenvalue weighted by molar-refractivity contribution is 5.19. The van der Waals surface area contributed by atoms with E-state index < -0.39 is 18.3 Å². The fourth-order valence-electron chi connectivity index (χ4n) is 1.69. The van der Waals surface area contributed by atoms with Crippen molar-refractivity contribution >= 4 is 0 Å². The second-order valence-corrected chi connectivity index (χ2v) is 3.99. The van der Waals surface area contributed by atoms with Gasteiger partial charge in [-0.15, -0.1) is 6.58 Å². The predicted octanol–water partition coefficient (Wildman–Crippen LogP) is 1.65. The molecule has 0 spiro atoms. The quantitative estimate of drug-likeness (QED) is 0.545. The minimum Gasteiger partial charge on any atom is -0.390 e. The molecule has 100 valence electrons. The third-order valence-electron chi connectivity index (χ3n) is 2.61. The van der Waals surface area contributed by atoms with Gasteiger partial charge < -0.3 is 19.7 Å². The van der Waals surface area contributed by atoms with Gasteiger partial charge in [0, 0.05) is 7.11 Å². The molecule has 4 heteroatoms. The molecule has 0 aliphatic heterocycles. The summed E-state index contributed by atoms with van der Waals surface area (Å²) < 4.78 is 10.3. The summed E-state index contributed by atoms with van der Waals surface area (Å²) in [5.41, 5.74) is 0.796. The molecule has 0 unspecified atom stereocenters. The topological polar surface area (TPSA) is 58.9 Å². The largest absolute Gasteiger partial charge is 0.390 e. The molecular weight excluding hydrogens is 232 g/mol. The Kier molecular flexibility index (Phi) is 6.60. The maximum absolute atomic E-state index is 10.1. The summed E-state index contributed by atoms with van der Waals surface area (Å²) in [6.45, 7) is 3.59. The Morgan fingerprint density at radius 1 is 1.28 bits per heavy atom. The van der Waals surface area contributed by atoms with E-state index >= 15 is 0 Å². The highest BCUT2D eigenvalue weighted by Crippen LogP contribution is 2.24. The lowest BCUT2D eigenvalue weighted by Crippen LogP contribution is -2.33. The van der Waals surface area contributed by atoms with Crippen LogP contribution in [0.1, 0.15) is 18.1 Å². The summed E-state index contributed by atoms with van der Waals surface area (Å²) in [7, 11) is 1.51. The van der Waals surface area contributed by atoms with Crippen LogP contribution in [-0.2, 0) is 9.47 Å². The van der Waals surface area contributed by atoms with Gasteiger partial charge in [-0.25, -0.2) is 0 Å². The van der Waals surface area contributed by atoms with Crippen molar-refractivity contribution < 1.29 is 19.7 Å². The molecule has 0 bridgehead atoms. The predicted molar refractivity (Wildman–Crippen MR) is 69.0 cm³/mol. The first kappa shape index (κ1) is 14.9. The average Bonchev–Trinajstić information content (AvgIpc) is 2.40. The monoisotopic (exact) mass is 252 g/mol. The highest BCUT2D eigenvalue weighted by atomic mass is 16.7. The Morgan fingerprint density at radius 2 is 1.94 bits per heavy atom. The van der Waals surface area contributed by atoms with E-state index in [9.17, 15) is 10.2 Å². The van der Waals surface area contributed by atoms with E-state index in [-0.39, 0.29) is 6.79 Å². The summed E-state index contributed by atoms with van der Waals surface area (Å²) >= 11 is 0. The number of benzene rings is 1. The van der Waals surface area contributed by atoms with Gasteiger partial charge >= 0.3 is 0 Å². The molecule has 1 rings (SSSR count). The van der Waals surface area contributed by atoms with E-state index in [1.807, 2.05) is 30.3 Å². The van der Waals surface area contributed by atoms with Gasteiger partial charge in [-0.3, -0.25) is 0 Å². The van der Waals surface area contributed by atoms with Crippen LogP contribution in [0.3, 0.4) is 0 Å². The van der Waals surface area contributed by atoms with Gasteiger partial charge in [-0.05, 0) is 12.0 Å². The maximum Gasteiger partial charge on any atom is 0.147 e. The first-order chi connectivity index (χ1) is 8.70. The second-order valence-electron chi connectivity index (χ2n) is 3.99. The Balaban J connectivity index is 2.80. The number of aliphatic hydroxyl groups is 2. The standard InChI is InChI=1S/C14H20O4/c1-3-7-12(15)13(16)14(18-10-17-2)11-8-5-4-6-9-11/h3-6,8-9,12-16H,1,7,10H2,2H3/t12-,13+,14-/m1/s1. The number of methoxy groups -OCH3 is 1. The van der Waals surface area contributed by atoms with Crippen molar-refractivity contribution in [3.8, 4) is 0 Å². The maximum atomic E-state index is 10.1. The summed E-state index contributed by atoms with van der Waals surface area (Å²) in [5.74, 6) is 0. The third-order valence-corrected chi connectivity index (χ3v) is 2.61. The first-order valence-corrected chi connectivity index (χ1v) is 5.83. The van der Waals surface area contributed by atoms with Gasteiger partial charge in [0.2, 0.25) is 0 Å². The van der Waals surface area contributed by atoms with E-state index in [1.165, 1.54) is 7.11 Å². The molecule has 0 amide bonds. The Hall–Kier alpha value is -1.20. The SMILES string of the molecule is C=CC[C@@H](O)[C@H](O)[C@H](OCOC)c1ccccc1. The third kappa shape index (κ3) is 4.23. The smallest absolute Gasteiger partial charge is 0.147 e. The molecule has 1 aromatic carbocycles. The molecule has 0 saturated carbocycles. The van der Waals surface area contributed by atoms with Crippen LogP contribution >= 0.6 is 0 Å². The second kappa shape index (κ2) is 8.00. The van der Waals surface area contributed by atoms with Crippen molar-refractivity contribution in [2.24, 2.45) is 0 Å². The van der Waals surface area contributed by atoms with E-state index in [1.54, 1.807) is 6.08 Å². The summed E-state index contributed by atoms with van der Waals surface area (Å²) in [6, 6.07) is 9.26. The normalized spacial score (nSPS) is 15.9. The van der Waals surface area contributed by atoms with Crippen molar-refractivity contribution in [1.82, 2.24) is 0 Å². The van der Waals surface area contributed by atoms with Crippen LogP contribution in [0.15, 0.2) is 43.0 Å². The molecule has 1 aromatic rings. The van der Waals surface area contributed by atoms with Crippen LogP contribution in [0.2, 0.25) is 0 Å². The summed E-state index contributed by atoms with van der Waals surface area (Å²) in [6.07, 6.45) is -0.696. The fraction of sp³-hybridized carbons (Fsp3) is 0.429. The van der Waals surface area contributed by atoms with E-state index in [2.05, 4.69) is 6.58 Å². The van der Waals surface area contributed by atoms with Crippen molar-refractivity contribution in [2.75, 3.05) is 13.9 Å². The number of hydrogen-bond donors (Lipinski definition) is 2. The Labute approximate surface area is 107 Å². The minimum atomic E-state index is -1.03. The fourth-order valence-corrected chi connectivity index (χ4v) is 1.69. The average molecular weight is 252 g/mol. The van der Waals surface area contributed by atoms with Gasteiger partial charge in [0.1, 0.15) is 19.0 Å². The molecule has 0 fully saturated rings.